The van der Waals surface area contributed by atoms with Crippen LogP contribution in [0.2, 0.25) is 0 Å². The van der Waals surface area contributed by atoms with Crippen molar-refractivity contribution in [2.24, 2.45) is 5.92 Å². The Bertz CT molecular complexity index is 2460. The predicted molar refractivity (Wildman–Crippen MR) is 306 cm³/mol. The number of carbonyl (C=O) groups excluding carboxylic acids is 3. The molecule has 27 heteroatoms. The quantitative estimate of drug-likeness (QED) is 0.0401. The molecule has 0 aliphatic carbocycles. The summed E-state index contributed by atoms with van der Waals surface area (Å²) < 4.78 is 35.1. The van der Waals surface area contributed by atoms with Crippen molar-refractivity contribution < 1.29 is 82.7 Å². The first kappa shape index (κ1) is 68.4. The molecule has 0 radical (unpaired) electrons. The van der Waals surface area contributed by atoms with Crippen LogP contribution in [-0.4, -0.2) is 284 Å². The molecule has 0 spiro atoms. The fourth-order valence-corrected chi connectivity index (χ4v) is 9.65. The molecule has 7 N–H and O–H groups in total. The van der Waals surface area contributed by atoms with E-state index < -0.39 is 23.8 Å². The number of hydrogen-bond donors (Lipinski definition) is 7. The summed E-state index contributed by atoms with van der Waals surface area (Å²) in [6, 6.07) is 10.8. The van der Waals surface area contributed by atoms with Gasteiger partial charge in [0.25, 0.3) is 5.91 Å². The molecule has 3 heterocycles. The second-order valence-corrected chi connectivity index (χ2v) is 20.9. The number of likely N-dealkylation sites (tertiary alicyclic amines) is 1. The molecule has 27 nitrogen and oxygen atoms in total. The van der Waals surface area contributed by atoms with Gasteiger partial charge in [0.1, 0.15) is 11.5 Å². The van der Waals surface area contributed by atoms with Crippen molar-refractivity contribution >= 4 is 35.6 Å². The Morgan fingerprint density at radius 3 is 1.48 bits per heavy atom. The molecule has 0 saturated carbocycles. The minimum atomic E-state index is -1.03. The van der Waals surface area contributed by atoms with E-state index in [1.54, 1.807) is 25.3 Å². The summed E-state index contributed by atoms with van der Waals surface area (Å²) in [5, 5.41) is 63.7. The maximum atomic E-state index is 13.1. The maximum Gasteiger partial charge on any atom is 0.317 e. The van der Waals surface area contributed by atoms with E-state index in [1.807, 2.05) is 54.8 Å². The van der Waals surface area contributed by atoms with E-state index in [0.717, 1.165) is 24.8 Å². The molecule has 2 aliphatic rings. The van der Waals surface area contributed by atoms with Crippen LogP contribution in [0.15, 0.2) is 36.4 Å². The predicted octanol–water partition coefficient (Wildman–Crippen LogP) is 1.08. The molecular weight excluding hydrogens is 1100 g/mol. The summed E-state index contributed by atoms with van der Waals surface area (Å²) in [5.41, 5.74) is 2.74. The number of phenolic OH excluding ortho intramolecular Hbond substituents is 2. The van der Waals surface area contributed by atoms with Crippen LogP contribution < -0.4 is 10.6 Å². The SMILES string of the molecule is CCNC(=O)c1nnc(-c2cc(C(C)C)c(O)cc2O)n1-c1ccc(CC2CCN(C(=O)CCOCCOCCOCCOCCOCCOCCNC(=O)CN3CCN(CC(=O)O)CCN(CC(=O)O)CCN(CC(=O)O)CC3)CC2)cc1. The summed E-state index contributed by atoms with van der Waals surface area (Å²) in [6.45, 7) is 13.8. The minimum absolute atomic E-state index is 0.0181. The van der Waals surface area contributed by atoms with Crippen molar-refractivity contribution in [2.45, 2.75) is 52.4 Å². The molecule has 0 bridgehead atoms. The second-order valence-electron chi connectivity index (χ2n) is 20.9. The van der Waals surface area contributed by atoms with Gasteiger partial charge in [-0.25, -0.2) is 0 Å². The number of nitrogens with zero attached hydrogens (tertiary/aromatic N) is 8. The number of aromatic nitrogens is 3. The lowest BCUT2D eigenvalue weighted by Gasteiger charge is -2.32. The van der Waals surface area contributed by atoms with Crippen LogP contribution in [0.5, 0.6) is 11.5 Å². The lowest BCUT2D eigenvalue weighted by Crippen LogP contribution is -2.50. The van der Waals surface area contributed by atoms with Crippen molar-refractivity contribution in [2.75, 3.05) is 184 Å². The summed E-state index contributed by atoms with van der Waals surface area (Å²) in [4.78, 5) is 82.2. The first-order valence-electron chi connectivity index (χ1n) is 29.0. The van der Waals surface area contributed by atoms with Crippen molar-refractivity contribution in [1.29, 1.82) is 0 Å². The molecule has 2 aliphatic heterocycles. The fourth-order valence-electron chi connectivity index (χ4n) is 9.65. The highest BCUT2D eigenvalue weighted by Crippen LogP contribution is 2.38. The number of piperidine rings is 1. The monoisotopic (exact) mass is 1180 g/mol. The van der Waals surface area contributed by atoms with Gasteiger partial charge in [-0.1, -0.05) is 26.0 Å². The van der Waals surface area contributed by atoms with E-state index in [0.29, 0.717) is 161 Å². The van der Waals surface area contributed by atoms with Gasteiger partial charge >= 0.3 is 17.9 Å². The lowest BCUT2D eigenvalue weighted by atomic mass is 9.90. The summed E-state index contributed by atoms with van der Waals surface area (Å²) in [6.07, 6.45) is 2.88. The van der Waals surface area contributed by atoms with E-state index in [4.69, 9.17) is 28.4 Å². The van der Waals surface area contributed by atoms with Crippen LogP contribution in [0, 0.1) is 5.92 Å². The third-order valence-corrected chi connectivity index (χ3v) is 14.2. The van der Waals surface area contributed by atoms with Gasteiger partial charge < -0.3 is 69.5 Å². The van der Waals surface area contributed by atoms with Crippen LogP contribution >= 0.6 is 0 Å². The number of rotatable bonds is 36. The number of carboxylic acids is 3. The number of hydrogen-bond acceptors (Lipinski definition) is 20. The van der Waals surface area contributed by atoms with Crippen LogP contribution in [0.3, 0.4) is 0 Å². The molecule has 3 aromatic rings. The molecule has 2 aromatic carbocycles. The molecular formula is C57H88N10O17. The topological polar surface area (TPSA) is 330 Å². The molecule has 2 fully saturated rings. The van der Waals surface area contributed by atoms with E-state index >= 15 is 0 Å². The number of carbonyl (C=O) groups is 6. The molecule has 84 heavy (non-hydrogen) atoms. The zero-order valence-electron chi connectivity index (χ0n) is 49.0. The smallest absolute Gasteiger partial charge is 0.317 e. The standard InChI is InChI=1S/C57H88N10O17/c1-4-58-57(78)56-61-60-55(47-36-46(42(2)3)48(68)37-49(47)69)67(56)45-7-5-43(6-8-45)35-44-9-13-66(14-10-44)51(71)11-23-79-25-27-81-29-31-83-33-34-84-32-30-82-28-26-80-24-12-59-50(70)38-62-15-17-63(39-52(72)73)19-21-65(41-54(76)77)22-20-64(18-16-62)40-53(74)75/h5-8,36-37,42,44,68-69H,4,9-35,38-41H2,1-3H3,(H,58,78)(H,59,70)(H,72,73)(H,74,75)(H,76,77). The van der Waals surface area contributed by atoms with Crippen molar-refractivity contribution in [1.82, 2.24) is 49.9 Å². The van der Waals surface area contributed by atoms with E-state index in [2.05, 4.69) is 20.8 Å². The van der Waals surface area contributed by atoms with Crippen molar-refractivity contribution in [3.8, 4) is 28.6 Å². The number of aliphatic carboxylic acids is 3. The van der Waals surface area contributed by atoms with E-state index in [1.165, 1.54) is 6.07 Å². The van der Waals surface area contributed by atoms with Crippen LogP contribution in [0.25, 0.3) is 17.1 Å². The summed E-state index contributed by atoms with van der Waals surface area (Å²) >= 11 is 0. The number of nitrogens with one attached hydrogen (secondary N) is 2. The van der Waals surface area contributed by atoms with Crippen molar-refractivity contribution in [3.05, 3.63) is 53.3 Å². The zero-order valence-corrected chi connectivity index (χ0v) is 49.0. The van der Waals surface area contributed by atoms with Gasteiger partial charge in [-0.3, -0.25) is 52.9 Å². The highest BCUT2D eigenvalue weighted by atomic mass is 16.6. The number of phenols is 2. The number of ether oxygens (including phenoxy) is 6. The average Bonchev–Trinajstić information content (AvgIpc) is 2.34. The first-order chi connectivity index (χ1) is 40.5. The Morgan fingerprint density at radius 2 is 1.02 bits per heavy atom. The van der Waals surface area contributed by atoms with Gasteiger partial charge in [0.15, 0.2) is 5.82 Å². The number of aromatic hydroxyl groups is 2. The van der Waals surface area contributed by atoms with E-state index in [-0.39, 0.29) is 93.3 Å². The van der Waals surface area contributed by atoms with Gasteiger partial charge in [0.05, 0.1) is 117 Å². The zero-order chi connectivity index (χ0) is 60.6. The molecule has 468 valence electrons. The normalized spacial score (nSPS) is 15.6. The minimum Gasteiger partial charge on any atom is -0.508 e. The summed E-state index contributed by atoms with van der Waals surface area (Å²) in [5.74, 6) is -3.16. The molecule has 0 unspecified atom stereocenters. The van der Waals surface area contributed by atoms with Crippen LogP contribution in [-0.2, 0) is 58.8 Å². The molecule has 0 atom stereocenters. The van der Waals surface area contributed by atoms with Gasteiger partial charge in [0.2, 0.25) is 17.6 Å². The number of amides is 3. The Labute approximate surface area is 491 Å². The van der Waals surface area contributed by atoms with Gasteiger partial charge in [-0.05, 0) is 67.3 Å². The first-order valence-corrected chi connectivity index (χ1v) is 29.0. The molecule has 3 amide bonds. The molecule has 2 saturated heterocycles. The Balaban J connectivity index is 0.838. The second kappa shape index (κ2) is 37.8. The number of carboxylic acid groups (broad SMARTS) is 3. The van der Waals surface area contributed by atoms with Gasteiger partial charge in [-0.2, -0.15) is 0 Å². The lowest BCUT2D eigenvalue weighted by molar-refractivity contribution is -0.140. The highest BCUT2D eigenvalue weighted by Gasteiger charge is 2.27. The van der Waals surface area contributed by atoms with Gasteiger partial charge in [0, 0.05) is 90.3 Å². The van der Waals surface area contributed by atoms with Crippen LogP contribution in [0.4, 0.5) is 0 Å². The summed E-state index contributed by atoms with van der Waals surface area (Å²) in [7, 11) is 0. The maximum absolute atomic E-state index is 13.1. The Morgan fingerprint density at radius 1 is 0.571 bits per heavy atom. The highest BCUT2D eigenvalue weighted by molar-refractivity contribution is 5.92. The average molecular weight is 1190 g/mol. The fraction of sp³-hybridized carbons (Fsp3) is 0.649. The molecule has 5 rings (SSSR count). The van der Waals surface area contributed by atoms with Crippen molar-refractivity contribution in [3.63, 3.8) is 0 Å². The Kier molecular flexibility index (Phi) is 30.8. The molecule has 1 aromatic heterocycles. The van der Waals surface area contributed by atoms with Crippen LogP contribution in [0.1, 0.15) is 67.7 Å². The third-order valence-electron chi connectivity index (χ3n) is 14.2. The largest absolute Gasteiger partial charge is 0.508 e. The van der Waals surface area contributed by atoms with E-state index in [9.17, 15) is 54.3 Å². The Hall–Kier alpha value is -6.40. The number of benzene rings is 2. The third kappa shape index (κ3) is 25.0. The van der Waals surface area contributed by atoms with Gasteiger partial charge in [-0.15, -0.1) is 10.2 Å².